The molecule has 2 rings (SSSR count). The van der Waals surface area contributed by atoms with Crippen molar-refractivity contribution in [3.8, 4) is 0 Å². The molecule has 0 radical (unpaired) electrons. The van der Waals surface area contributed by atoms with Crippen LogP contribution in [-0.2, 0) is 4.79 Å². The van der Waals surface area contributed by atoms with Gasteiger partial charge in [0.25, 0.3) is 0 Å². The highest BCUT2D eigenvalue weighted by atomic mass is 19.1. The van der Waals surface area contributed by atoms with Gasteiger partial charge in [0, 0.05) is 19.9 Å². The van der Waals surface area contributed by atoms with Crippen LogP contribution in [-0.4, -0.2) is 29.7 Å². The molecular weight excluding hydrogens is 459 g/mol. The highest BCUT2D eigenvalue weighted by Gasteiger charge is 2.36. The topological polar surface area (TPSA) is 32.7 Å². The molecule has 1 aliphatic heterocycles. The van der Waals surface area contributed by atoms with Crippen LogP contribution in [0.4, 0.5) is 4.39 Å². The van der Waals surface area contributed by atoms with Gasteiger partial charge in [-0.25, -0.2) is 9.38 Å². The second-order valence-electron chi connectivity index (χ2n) is 9.81. The first-order chi connectivity index (χ1) is 17.7. The average Bonchev–Trinajstić information content (AvgIpc) is 3.16. The number of likely N-dealkylation sites (tertiary alicyclic amines) is 1. The molecule has 1 heterocycles. The Hall–Kier alpha value is -2.75. The van der Waals surface area contributed by atoms with E-state index in [1.807, 2.05) is 75.2 Å². The molecule has 1 aromatic rings. The lowest BCUT2D eigenvalue weighted by atomic mass is 9.97. The molecule has 4 heteroatoms. The Morgan fingerprint density at radius 3 is 2.14 bits per heavy atom. The highest BCUT2D eigenvalue weighted by molar-refractivity contribution is 6.00. The normalized spacial score (nSPS) is 17.9. The average molecular weight is 509 g/mol. The SMILES string of the molecule is C=C/C=C\C(CC)=C(CCC)CCC.CCCC(=O)C(N=C1C(F)CC(c2ccccc2)N1C)=C(C)C. The second-order valence-corrected chi connectivity index (χ2v) is 9.81. The lowest BCUT2D eigenvalue weighted by Gasteiger charge is -2.22. The van der Waals surface area contributed by atoms with Crippen LogP contribution in [0.25, 0.3) is 0 Å². The summed E-state index contributed by atoms with van der Waals surface area (Å²) in [5, 5.41) is 0. The van der Waals surface area contributed by atoms with Crippen LogP contribution in [0, 0.1) is 0 Å². The van der Waals surface area contributed by atoms with Crippen molar-refractivity contribution in [3.05, 3.63) is 83.1 Å². The number of Topliss-reactive ketones (excluding diaryl/α,β-unsaturated/α-hetero) is 1. The minimum Gasteiger partial charge on any atom is -0.353 e. The van der Waals surface area contributed by atoms with Crippen molar-refractivity contribution in [1.82, 2.24) is 4.90 Å². The van der Waals surface area contributed by atoms with E-state index in [-0.39, 0.29) is 11.8 Å². The van der Waals surface area contributed by atoms with Gasteiger partial charge in [-0.1, -0.05) is 101 Å². The molecule has 0 aromatic heterocycles. The fourth-order valence-corrected chi connectivity index (χ4v) is 4.66. The fourth-order valence-electron chi connectivity index (χ4n) is 4.66. The minimum atomic E-state index is -1.14. The fraction of sp³-hybridized carbons (Fsp3) is 0.515. The highest BCUT2D eigenvalue weighted by Crippen LogP contribution is 2.34. The van der Waals surface area contributed by atoms with Gasteiger partial charge in [0.1, 0.15) is 11.5 Å². The molecule has 0 N–H and O–H groups in total. The van der Waals surface area contributed by atoms with Crippen molar-refractivity contribution in [1.29, 1.82) is 0 Å². The summed E-state index contributed by atoms with van der Waals surface area (Å²) in [5.41, 5.74) is 5.45. The van der Waals surface area contributed by atoms with Crippen LogP contribution in [0.3, 0.4) is 0 Å². The molecule has 0 saturated carbocycles. The molecule has 1 aliphatic rings. The van der Waals surface area contributed by atoms with Crippen molar-refractivity contribution in [2.24, 2.45) is 4.99 Å². The number of hydrogen-bond acceptors (Lipinski definition) is 2. The van der Waals surface area contributed by atoms with Crippen LogP contribution < -0.4 is 0 Å². The molecule has 0 spiro atoms. The number of benzene rings is 1. The monoisotopic (exact) mass is 508 g/mol. The molecular formula is C33H49FN2O. The van der Waals surface area contributed by atoms with Gasteiger partial charge in [-0.2, -0.15) is 0 Å². The molecule has 0 bridgehead atoms. The van der Waals surface area contributed by atoms with E-state index in [4.69, 9.17) is 0 Å². The summed E-state index contributed by atoms with van der Waals surface area (Å²) >= 11 is 0. The Morgan fingerprint density at radius 2 is 1.65 bits per heavy atom. The number of alkyl halides is 1. The Labute approximate surface area is 226 Å². The van der Waals surface area contributed by atoms with E-state index >= 15 is 0 Å². The van der Waals surface area contributed by atoms with Gasteiger partial charge in [0.05, 0.1) is 6.04 Å². The van der Waals surface area contributed by atoms with Crippen molar-refractivity contribution in [3.63, 3.8) is 0 Å². The summed E-state index contributed by atoms with van der Waals surface area (Å²) in [4.78, 5) is 18.5. The smallest absolute Gasteiger partial charge is 0.181 e. The summed E-state index contributed by atoms with van der Waals surface area (Å²) < 4.78 is 14.5. The number of aliphatic imine (C=N–C) groups is 1. The zero-order valence-electron chi connectivity index (χ0n) is 24.3. The Morgan fingerprint density at radius 1 is 1.05 bits per heavy atom. The van der Waals surface area contributed by atoms with E-state index < -0.39 is 6.17 Å². The maximum Gasteiger partial charge on any atom is 0.181 e. The molecule has 0 amide bonds. The molecule has 2 unspecified atom stereocenters. The second kappa shape index (κ2) is 17.7. The number of carbonyl (C=O) groups is 1. The zero-order chi connectivity index (χ0) is 27.8. The Kier molecular flexibility index (Phi) is 15.4. The summed E-state index contributed by atoms with van der Waals surface area (Å²) in [7, 11) is 1.85. The molecule has 3 nitrogen and oxygen atoms in total. The third kappa shape index (κ3) is 10.3. The van der Waals surface area contributed by atoms with Crippen molar-refractivity contribution >= 4 is 11.6 Å². The Balaban J connectivity index is 0.000000422. The van der Waals surface area contributed by atoms with E-state index in [1.165, 1.54) is 31.3 Å². The van der Waals surface area contributed by atoms with Gasteiger partial charge in [0.2, 0.25) is 0 Å². The summed E-state index contributed by atoms with van der Waals surface area (Å²) in [6.07, 6.45) is 12.7. The van der Waals surface area contributed by atoms with Crippen LogP contribution >= 0.6 is 0 Å². The molecule has 1 saturated heterocycles. The lowest BCUT2D eigenvalue weighted by Crippen LogP contribution is -2.26. The van der Waals surface area contributed by atoms with Gasteiger partial charge < -0.3 is 4.90 Å². The number of nitrogens with zero attached hydrogens (tertiary/aromatic N) is 2. The van der Waals surface area contributed by atoms with Crippen LogP contribution in [0.1, 0.15) is 105 Å². The molecule has 1 fully saturated rings. The standard InChI is InChI=1S/C19H25FN2O.C14H24/c1-5-9-17(23)18(13(2)3)21-19-15(20)12-16(22(19)4)14-10-7-6-8-11-14;1-5-9-12-13(8-4)14(10-6-2)11-7-3/h6-8,10-11,15-16H,5,9,12H2,1-4H3;5,9,12H,1,6-8,10-11H2,2-4H3/b;12-9-. The van der Waals surface area contributed by atoms with Crippen molar-refractivity contribution in [2.45, 2.75) is 105 Å². The first-order valence-corrected chi connectivity index (χ1v) is 14.0. The van der Waals surface area contributed by atoms with Crippen LogP contribution in [0.15, 0.2) is 82.5 Å². The van der Waals surface area contributed by atoms with Crippen molar-refractivity contribution in [2.75, 3.05) is 7.05 Å². The maximum atomic E-state index is 14.5. The van der Waals surface area contributed by atoms with E-state index in [1.54, 1.807) is 5.57 Å². The summed E-state index contributed by atoms with van der Waals surface area (Å²) in [5.74, 6) is 0.350. The third-order valence-electron chi connectivity index (χ3n) is 6.54. The van der Waals surface area contributed by atoms with Gasteiger partial charge in [-0.05, 0) is 56.2 Å². The number of hydrogen-bond donors (Lipinski definition) is 0. The number of ketones is 1. The first kappa shape index (κ1) is 32.3. The number of carbonyl (C=O) groups excluding carboxylic acids is 1. The zero-order valence-corrected chi connectivity index (χ0v) is 24.3. The maximum absolute atomic E-state index is 14.5. The van der Waals surface area contributed by atoms with E-state index in [2.05, 4.69) is 38.4 Å². The number of rotatable bonds is 12. The van der Waals surface area contributed by atoms with Crippen LogP contribution in [0.5, 0.6) is 0 Å². The van der Waals surface area contributed by atoms with Crippen LogP contribution in [0.2, 0.25) is 0 Å². The van der Waals surface area contributed by atoms with Gasteiger partial charge in [-0.3, -0.25) is 4.79 Å². The largest absolute Gasteiger partial charge is 0.353 e. The van der Waals surface area contributed by atoms with E-state index in [9.17, 15) is 9.18 Å². The predicted molar refractivity (Wildman–Crippen MR) is 159 cm³/mol. The van der Waals surface area contributed by atoms with E-state index in [0.717, 1.165) is 24.0 Å². The lowest BCUT2D eigenvalue weighted by molar-refractivity contribution is -0.115. The predicted octanol–water partition coefficient (Wildman–Crippen LogP) is 9.50. The molecule has 0 aliphatic carbocycles. The number of halogens is 1. The molecule has 2 atom stereocenters. The molecule has 37 heavy (non-hydrogen) atoms. The molecule has 204 valence electrons. The Bertz CT molecular complexity index is 959. The van der Waals surface area contributed by atoms with Crippen molar-refractivity contribution < 1.29 is 9.18 Å². The van der Waals surface area contributed by atoms with E-state index in [0.29, 0.717) is 24.4 Å². The minimum absolute atomic E-state index is 0.0104. The summed E-state index contributed by atoms with van der Waals surface area (Å²) in [6, 6.07) is 9.83. The molecule has 1 aromatic carbocycles. The van der Waals surface area contributed by atoms with Gasteiger partial charge in [-0.15, -0.1) is 0 Å². The van der Waals surface area contributed by atoms with Gasteiger partial charge in [0.15, 0.2) is 12.0 Å². The number of allylic oxidation sites excluding steroid dienone is 7. The summed E-state index contributed by atoms with van der Waals surface area (Å²) in [6.45, 7) is 16.1. The number of amidine groups is 1. The first-order valence-electron chi connectivity index (χ1n) is 14.0. The third-order valence-corrected chi connectivity index (χ3v) is 6.54. The van der Waals surface area contributed by atoms with Gasteiger partial charge >= 0.3 is 0 Å². The quantitative estimate of drug-likeness (QED) is 0.208.